The molecule has 2 aromatic heterocycles. The molecule has 1 saturated carbocycles. The lowest BCUT2D eigenvalue weighted by Gasteiger charge is -2.29. The number of pyridine rings is 1. The van der Waals surface area contributed by atoms with Gasteiger partial charge in [0.2, 0.25) is 5.91 Å². The Hall–Kier alpha value is -4.58. The van der Waals surface area contributed by atoms with E-state index in [0.29, 0.717) is 25.3 Å². The van der Waals surface area contributed by atoms with Crippen LogP contribution in [-0.2, 0) is 24.2 Å². The summed E-state index contributed by atoms with van der Waals surface area (Å²) in [5.74, 6) is 1.68. The molecular formula is C36H37N5O. The van der Waals surface area contributed by atoms with Crippen LogP contribution in [0.2, 0.25) is 0 Å². The summed E-state index contributed by atoms with van der Waals surface area (Å²) in [4.78, 5) is 25.2. The van der Waals surface area contributed by atoms with Gasteiger partial charge in [-0.3, -0.25) is 9.78 Å². The van der Waals surface area contributed by atoms with Gasteiger partial charge in [-0.2, -0.15) is 5.10 Å². The van der Waals surface area contributed by atoms with Crippen LogP contribution in [0.4, 0.5) is 0 Å². The third-order valence-electron chi connectivity index (χ3n) is 8.36. The SMILES string of the molecule is C=C(Cc1ccccc1)c1cc(-c2nc(C)n(CCN(C(=O)Cc3cccc4ccccc34)C3CCCC3)n2)ccn1. The highest BCUT2D eigenvalue weighted by Crippen LogP contribution is 2.26. The van der Waals surface area contributed by atoms with Gasteiger partial charge in [0.05, 0.1) is 18.7 Å². The van der Waals surface area contributed by atoms with E-state index in [1.807, 2.05) is 60.1 Å². The van der Waals surface area contributed by atoms with Crippen molar-refractivity contribution in [3.8, 4) is 11.4 Å². The standard InChI is InChI=1S/C36H37N5O/c1-26(23-28-11-4-3-5-12-28)34-24-31(19-20-37-34)36-38-27(2)41(39-36)22-21-40(32-16-7-8-17-32)35(42)25-30-15-10-14-29-13-6-9-18-33(29)30/h3-6,9-15,18-20,24,32H,1,7-8,16-17,21-23,25H2,2H3. The van der Waals surface area contributed by atoms with Crippen LogP contribution < -0.4 is 0 Å². The number of hydrogen-bond donors (Lipinski definition) is 0. The van der Waals surface area contributed by atoms with Gasteiger partial charge in [-0.1, -0.05) is 92.2 Å². The van der Waals surface area contributed by atoms with Gasteiger partial charge in [-0.15, -0.1) is 0 Å². The van der Waals surface area contributed by atoms with Crippen molar-refractivity contribution in [3.63, 3.8) is 0 Å². The van der Waals surface area contributed by atoms with E-state index >= 15 is 0 Å². The maximum atomic E-state index is 13.8. The maximum Gasteiger partial charge on any atom is 0.227 e. The van der Waals surface area contributed by atoms with Crippen LogP contribution in [0.15, 0.2) is 97.7 Å². The molecule has 1 aliphatic rings. The van der Waals surface area contributed by atoms with Crippen molar-refractivity contribution in [2.24, 2.45) is 0 Å². The Kier molecular flexibility index (Phi) is 8.22. The second kappa shape index (κ2) is 12.5. The lowest BCUT2D eigenvalue weighted by atomic mass is 10.0. The molecule has 0 unspecified atom stereocenters. The number of aryl methyl sites for hydroxylation is 1. The van der Waals surface area contributed by atoms with Crippen LogP contribution in [0, 0.1) is 6.92 Å². The smallest absolute Gasteiger partial charge is 0.227 e. The summed E-state index contributed by atoms with van der Waals surface area (Å²) in [6, 6.07) is 29.1. The van der Waals surface area contributed by atoms with Crippen molar-refractivity contribution in [3.05, 3.63) is 120 Å². The molecule has 212 valence electrons. The van der Waals surface area contributed by atoms with Crippen LogP contribution >= 0.6 is 0 Å². The third-order valence-corrected chi connectivity index (χ3v) is 8.36. The van der Waals surface area contributed by atoms with Gasteiger partial charge in [0, 0.05) is 24.3 Å². The average Bonchev–Trinajstić information content (AvgIpc) is 3.68. The van der Waals surface area contributed by atoms with E-state index in [9.17, 15) is 4.79 Å². The molecule has 1 amide bonds. The topological polar surface area (TPSA) is 63.9 Å². The Balaban J connectivity index is 1.17. The number of hydrogen-bond acceptors (Lipinski definition) is 4. The predicted octanol–water partition coefficient (Wildman–Crippen LogP) is 7.07. The first-order valence-corrected chi connectivity index (χ1v) is 14.9. The van der Waals surface area contributed by atoms with Gasteiger partial charge in [-0.25, -0.2) is 9.67 Å². The highest BCUT2D eigenvalue weighted by Gasteiger charge is 2.27. The quantitative estimate of drug-likeness (QED) is 0.185. The first-order valence-electron chi connectivity index (χ1n) is 14.9. The summed E-state index contributed by atoms with van der Waals surface area (Å²) in [6.45, 7) is 7.48. The van der Waals surface area contributed by atoms with Crippen LogP contribution in [0.5, 0.6) is 0 Å². The minimum Gasteiger partial charge on any atom is -0.338 e. The van der Waals surface area contributed by atoms with Crippen molar-refractivity contribution in [2.75, 3.05) is 6.54 Å². The predicted molar refractivity (Wildman–Crippen MR) is 169 cm³/mol. The normalized spacial score (nSPS) is 13.5. The lowest BCUT2D eigenvalue weighted by molar-refractivity contribution is -0.132. The number of rotatable bonds is 10. The maximum absolute atomic E-state index is 13.8. The van der Waals surface area contributed by atoms with Crippen molar-refractivity contribution < 1.29 is 4.79 Å². The molecule has 42 heavy (non-hydrogen) atoms. The number of allylic oxidation sites excluding steroid dienone is 1. The van der Waals surface area contributed by atoms with Crippen LogP contribution in [-0.4, -0.2) is 43.1 Å². The minimum atomic E-state index is 0.187. The van der Waals surface area contributed by atoms with Crippen molar-refractivity contribution in [1.29, 1.82) is 0 Å². The summed E-state index contributed by atoms with van der Waals surface area (Å²) in [6.07, 6.45) is 7.42. The molecule has 0 bridgehead atoms. The molecule has 0 saturated heterocycles. The summed E-state index contributed by atoms with van der Waals surface area (Å²) in [5.41, 5.74) is 5.00. The monoisotopic (exact) mass is 555 g/mol. The lowest BCUT2D eigenvalue weighted by Crippen LogP contribution is -2.42. The third kappa shape index (κ3) is 6.18. The molecule has 6 rings (SSSR count). The van der Waals surface area contributed by atoms with Crippen molar-refractivity contribution in [2.45, 2.75) is 58.0 Å². The van der Waals surface area contributed by atoms with Gasteiger partial charge in [0.25, 0.3) is 0 Å². The molecule has 6 nitrogen and oxygen atoms in total. The Labute approximate surface area is 247 Å². The Morgan fingerprint density at radius 1 is 0.952 bits per heavy atom. The fourth-order valence-electron chi connectivity index (χ4n) is 6.09. The van der Waals surface area contributed by atoms with E-state index in [2.05, 4.69) is 52.9 Å². The second-order valence-electron chi connectivity index (χ2n) is 11.2. The molecule has 0 spiro atoms. The first-order chi connectivity index (χ1) is 20.5. The molecule has 0 aliphatic heterocycles. The van der Waals surface area contributed by atoms with E-state index in [4.69, 9.17) is 10.1 Å². The zero-order valence-corrected chi connectivity index (χ0v) is 24.2. The van der Waals surface area contributed by atoms with Gasteiger partial charge >= 0.3 is 0 Å². The molecule has 1 fully saturated rings. The van der Waals surface area contributed by atoms with Gasteiger partial charge in [0.15, 0.2) is 5.82 Å². The number of carbonyl (C=O) groups is 1. The molecule has 2 heterocycles. The van der Waals surface area contributed by atoms with E-state index in [-0.39, 0.29) is 11.9 Å². The Bertz CT molecular complexity index is 1700. The number of benzene rings is 3. The highest BCUT2D eigenvalue weighted by molar-refractivity contribution is 5.90. The Morgan fingerprint density at radius 3 is 2.55 bits per heavy atom. The zero-order chi connectivity index (χ0) is 28.9. The number of nitrogens with zero attached hydrogens (tertiary/aromatic N) is 5. The molecule has 0 radical (unpaired) electrons. The van der Waals surface area contributed by atoms with Gasteiger partial charge in [0.1, 0.15) is 5.82 Å². The van der Waals surface area contributed by atoms with E-state index in [1.54, 1.807) is 6.20 Å². The van der Waals surface area contributed by atoms with Crippen LogP contribution in [0.25, 0.3) is 27.7 Å². The number of fused-ring (bicyclic) bond motifs is 1. The first kappa shape index (κ1) is 27.6. The second-order valence-corrected chi connectivity index (χ2v) is 11.2. The van der Waals surface area contributed by atoms with Gasteiger partial charge < -0.3 is 4.90 Å². The largest absolute Gasteiger partial charge is 0.338 e. The number of aromatic nitrogens is 4. The minimum absolute atomic E-state index is 0.187. The average molecular weight is 556 g/mol. The fourth-order valence-corrected chi connectivity index (χ4v) is 6.09. The highest BCUT2D eigenvalue weighted by atomic mass is 16.2. The molecule has 5 aromatic rings. The molecule has 0 atom stereocenters. The summed E-state index contributed by atoms with van der Waals surface area (Å²) < 4.78 is 1.93. The summed E-state index contributed by atoms with van der Waals surface area (Å²) in [7, 11) is 0. The van der Waals surface area contributed by atoms with Crippen molar-refractivity contribution >= 4 is 22.3 Å². The van der Waals surface area contributed by atoms with E-state index in [0.717, 1.165) is 52.9 Å². The summed E-state index contributed by atoms with van der Waals surface area (Å²) >= 11 is 0. The summed E-state index contributed by atoms with van der Waals surface area (Å²) in [5, 5.41) is 7.18. The molecule has 3 aromatic carbocycles. The van der Waals surface area contributed by atoms with E-state index in [1.165, 1.54) is 23.8 Å². The molecule has 0 N–H and O–H groups in total. The van der Waals surface area contributed by atoms with Crippen molar-refractivity contribution in [1.82, 2.24) is 24.6 Å². The van der Waals surface area contributed by atoms with Crippen LogP contribution in [0.3, 0.4) is 0 Å². The zero-order valence-electron chi connectivity index (χ0n) is 24.2. The van der Waals surface area contributed by atoms with Crippen LogP contribution in [0.1, 0.15) is 48.3 Å². The molecular weight excluding hydrogens is 518 g/mol. The van der Waals surface area contributed by atoms with E-state index < -0.39 is 0 Å². The number of carbonyl (C=O) groups excluding carboxylic acids is 1. The van der Waals surface area contributed by atoms with Gasteiger partial charge in [-0.05, 0) is 65.8 Å². The number of amides is 1. The molecule has 1 aliphatic carbocycles. The molecule has 6 heteroatoms. The Morgan fingerprint density at radius 2 is 1.71 bits per heavy atom. The fraction of sp³-hybridized carbons (Fsp3) is 0.278.